The van der Waals surface area contributed by atoms with E-state index in [4.69, 9.17) is 10.5 Å². The van der Waals surface area contributed by atoms with Gasteiger partial charge in [-0.3, -0.25) is 14.4 Å². The van der Waals surface area contributed by atoms with Gasteiger partial charge in [0.05, 0.1) is 5.92 Å². The molecule has 2 amide bonds. The number of hydrogen-bond acceptors (Lipinski definition) is 4. The van der Waals surface area contributed by atoms with E-state index in [0.29, 0.717) is 31.8 Å². The van der Waals surface area contributed by atoms with Gasteiger partial charge in [0.25, 0.3) is 5.91 Å². The zero-order valence-electron chi connectivity index (χ0n) is 11.1. The van der Waals surface area contributed by atoms with E-state index in [1.54, 1.807) is 4.90 Å². The molecule has 1 aliphatic carbocycles. The third-order valence-corrected chi connectivity index (χ3v) is 4.00. The predicted octanol–water partition coefficient (Wildman–Crippen LogP) is -0.0905. The Kier molecular flexibility index (Phi) is 4.07. The highest BCUT2D eigenvalue weighted by atomic mass is 16.5. The molecule has 1 saturated carbocycles. The van der Waals surface area contributed by atoms with Crippen LogP contribution in [0.5, 0.6) is 0 Å². The molecule has 0 radical (unpaired) electrons. The molecule has 6 nitrogen and oxygen atoms in total. The number of primary amides is 1. The number of hydrogen-bond donors (Lipinski definition) is 1. The molecule has 1 heterocycles. The van der Waals surface area contributed by atoms with E-state index < -0.39 is 0 Å². The molecule has 2 aliphatic rings. The molecule has 19 heavy (non-hydrogen) atoms. The number of likely N-dealkylation sites (tertiary alicyclic amines) is 1. The van der Waals surface area contributed by atoms with E-state index >= 15 is 0 Å². The van der Waals surface area contributed by atoms with Crippen LogP contribution in [0.15, 0.2) is 0 Å². The molecule has 1 aliphatic heterocycles. The highest BCUT2D eigenvalue weighted by Gasteiger charge is 2.40. The number of esters is 1. The van der Waals surface area contributed by atoms with Crippen LogP contribution >= 0.6 is 0 Å². The first-order chi connectivity index (χ1) is 8.99. The first kappa shape index (κ1) is 13.8. The predicted molar refractivity (Wildman–Crippen MR) is 66.7 cm³/mol. The summed E-state index contributed by atoms with van der Waals surface area (Å²) >= 11 is 0. The maximum atomic E-state index is 11.8. The summed E-state index contributed by atoms with van der Waals surface area (Å²) in [4.78, 5) is 36.0. The molecule has 0 aromatic heterocycles. The van der Waals surface area contributed by atoms with Crippen LogP contribution in [0, 0.1) is 17.8 Å². The Hall–Kier alpha value is -1.59. The van der Waals surface area contributed by atoms with Gasteiger partial charge < -0.3 is 15.4 Å². The average molecular weight is 268 g/mol. The smallest absolute Gasteiger partial charge is 0.309 e. The molecule has 6 heteroatoms. The minimum Gasteiger partial charge on any atom is -0.455 e. The summed E-state index contributed by atoms with van der Waals surface area (Å²) in [6, 6.07) is 0. The molecule has 106 valence electrons. The first-order valence-corrected chi connectivity index (χ1v) is 6.72. The normalized spacial score (nSPS) is 26.9. The number of amides is 2. The summed E-state index contributed by atoms with van der Waals surface area (Å²) in [6.07, 6.45) is 2.04. The highest BCUT2D eigenvalue weighted by Crippen LogP contribution is 2.38. The van der Waals surface area contributed by atoms with Crippen molar-refractivity contribution in [3.05, 3.63) is 0 Å². The molecule has 2 N–H and O–H groups in total. The minimum absolute atomic E-state index is 0.0200. The van der Waals surface area contributed by atoms with Crippen LogP contribution in [0.2, 0.25) is 0 Å². The fraction of sp³-hybridized carbons (Fsp3) is 0.769. The van der Waals surface area contributed by atoms with Crippen molar-refractivity contribution >= 4 is 17.8 Å². The fourth-order valence-corrected chi connectivity index (χ4v) is 2.40. The Morgan fingerprint density at radius 1 is 1.26 bits per heavy atom. The van der Waals surface area contributed by atoms with Gasteiger partial charge in [0.15, 0.2) is 6.61 Å². The average Bonchev–Trinajstić information content (AvgIpc) is 3.13. The second kappa shape index (κ2) is 5.59. The number of ether oxygens (including phenoxy) is 1. The van der Waals surface area contributed by atoms with Gasteiger partial charge in [-0.25, -0.2) is 0 Å². The molecular weight excluding hydrogens is 248 g/mol. The quantitative estimate of drug-likeness (QED) is 0.721. The van der Waals surface area contributed by atoms with Gasteiger partial charge in [-0.05, 0) is 25.2 Å². The van der Waals surface area contributed by atoms with Crippen LogP contribution in [0.4, 0.5) is 0 Å². The van der Waals surface area contributed by atoms with Gasteiger partial charge in [-0.15, -0.1) is 0 Å². The largest absolute Gasteiger partial charge is 0.455 e. The van der Waals surface area contributed by atoms with Crippen molar-refractivity contribution in [2.24, 2.45) is 23.5 Å². The standard InChI is InChI=1S/C13H20N2O4/c1-8-6-10(8)13(18)19-7-11(16)15-4-2-9(3-5-15)12(14)17/h8-10H,2-7H2,1H3,(H2,14,17)/t8-,10+/m0/s1. The lowest BCUT2D eigenvalue weighted by Gasteiger charge is -2.30. The molecule has 2 fully saturated rings. The molecule has 0 spiro atoms. The van der Waals surface area contributed by atoms with E-state index in [-0.39, 0.29) is 36.2 Å². The maximum Gasteiger partial charge on any atom is 0.309 e. The zero-order valence-corrected chi connectivity index (χ0v) is 11.1. The second-order valence-electron chi connectivity index (χ2n) is 5.48. The lowest BCUT2D eigenvalue weighted by atomic mass is 9.96. The summed E-state index contributed by atoms with van der Waals surface area (Å²) in [5.74, 6) is -0.542. The monoisotopic (exact) mass is 268 g/mol. The van der Waals surface area contributed by atoms with Gasteiger partial charge in [0.1, 0.15) is 0 Å². The third-order valence-electron chi connectivity index (χ3n) is 4.00. The summed E-state index contributed by atoms with van der Waals surface area (Å²) in [5.41, 5.74) is 5.23. The summed E-state index contributed by atoms with van der Waals surface area (Å²) in [5, 5.41) is 0. The Morgan fingerprint density at radius 3 is 2.32 bits per heavy atom. The van der Waals surface area contributed by atoms with Crippen molar-refractivity contribution < 1.29 is 19.1 Å². The highest BCUT2D eigenvalue weighted by molar-refractivity contribution is 5.83. The van der Waals surface area contributed by atoms with Crippen LogP contribution in [0.25, 0.3) is 0 Å². The number of carbonyl (C=O) groups is 3. The van der Waals surface area contributed by atoms with E-state index in [9.17, 15) is 14.4 Å². The van der Waals surface area contributed by atoms with Gasteiger partial charge in [0.2, 0.25) is 5.91 Å². The van der Waals surface area contributed by atoms with E-state index in [2.05, 4.69) is 0 Å². The van der Waals surface area contributed by atoms with Crippen molar-refractivity contribution in [1.82, 2.24) is 4.90 Å². The summed E-state index contributed by atoms with van der Waals surface area (Å²) in [7, 11) is 0. The van der Waals surface area contributed by atoms with Crippen LogP contribution in [0.1, 0.15) is 26.2 Å². The van der Waals surface area contributed by atoms with Crippen molar-refractivity contribution in [2.45, 2.75) is 26.2 Å². The third kappa shape index (κ3) is 3.45. The van der Waals surface area contributed by atoms with Gasteiger partial charge in [-0.1, -0.05) is 6.92 Å². The van der Waals surface area contributed by atoms with Crippen molar-refractivity contribution in [3.8, 4) is 0 Å². The molecule has 0 bridgehead atoms. The van der Waals surface area contributed by atoms with Gasteiger partial charge >= 0.3 is 5.97 Å². The molecule has 1 saturated heterocycles. The molecule has 0 aromatic carbocycles. The van der Waals surface area contributed by atoms with Crippen LogP contribution in [-0.4, -0.2) is 42.4 Å². The SMILES string of the molecule is C[C@H]1C[C@H]1C(=O)OCC(=O)N1CCC(C(N)=O)CC1. The van der Waals surface area contributed by atoms with Crippen molar-refractivity contribution in [1.29, 1.82) is 0 Å². The Labute approximate surface area is 112 Å². The molecular formula is C13H20N2O4. The number of carbonyl (C=O) groups excluding carboxylic acids is 3. The lowest BCUT2D eigenvalue weighted by Crippen LogP contribution is -2.43. The number of piperidine rings is 1. The molecule has 2 rings (SSSR count). The van der Waals surface area contributed by atoms with Crippen LogP contribution in [0.3, 0.4) is 0 Å². The molecule has 0 unspecified atom stereocenters. The van der Waals surface area contributed by atoms with Crippen LogP contribution < -0.4 is 5.73 Å². The Balaban J connectivity index is 1.69. The molecule has 0 aromatic rings. The number of nitrogens with two attached hydrogens (primary N) is 1. The summed E-state index contributed by atoms with van der Waals surface area (Å²) < 4.78 is 5.00. The number of rotatable bonds is 4. The maximum absolute atomic E-state index is 11.8. The second-order valence-corrected chi connectivity index (χ2v) is 5.48. The topological polar surface area (TPSA) is 89.7 Å². The summed E-state index contributed by atoms with van der Waals surface area (Å²) in [6.45, 7) is 2.80. The van der Waals surface area contributed by atoms with Gasteiger partial charge in [0, 0.05) is 19.0 Å². The van der Waals surface area contributed by atoms with E-state index in [1.165, 1.54) is 0 Å². The van der Waals surface area contributed by atoms with Crippen LogP contribution in [-0.2, 0) is 19.1 Å². The van der Waals surface area contributed by atoms with E-state index in [1.807, 2.05) is 6.92 Å². The Morgan fingerprint density at radius 2 is 1.84 bits per heavy atom. The Bertz CT molecular complexity index is 388. The minimum atomic E-state index is -0.304. The van der Waals surface area contributed by atoms with Gasteiger partial charge in [-0.2, -0.15) is 0 Å². The van der Waals surface area contributed by atoms with Crippen molar-refractivity contribution in [3.63, 3.8) is 0 Å². The van der Waals surface area contributed by atoms with Crippen molar-refractivity contribution in [2.75, 3.05) is 19.7 Å². The van der Waals surface area contributed by atoms with E-state index in [0.717, 1.165) is 6.42 Å². The number of nitrogens with zero attached hydrogens (tertiary/aromatic N) is 1. The first-order valence-electron chi connectivity index (χ1n) is 6.72. The fourth-order valence-electron chi connectivity index (χ4n) is 2.40. The molecule has 2 atom stereocenters. The lowest BCUT2D eigenvalue weighted by molar-refractivity contribution is -0.154. The zero-order chi connectivity index (χ0) is 14.0.